The minimum Gasteiger partial charge on any atom is -0.480 e. The maximum absolute atomic E-state index is 11.6. The molecule has 1 atom stereocenters. The largest absolute Gasteiger partial charge is 0.480 e. The van der Waals surface area contributed by atoms with E-state index in [0.29, 0.717) is 18.7 Å². The number of hydrogen-bond acceptors (Lipinski definition) is 5. The Balaban J connectivity index is 3.03. The topological polar surface area (TPSA) is 86.7 Å². The average molecular weight is 314 g/mol. The van der Waals surface area contributed by atoms with Gasteiger partial charge in [0.2, 0.25) is 0 Å². The molecule has 0 aliphatic rings. The number of hydrogen-bond donors (Lipinski definition) is 2. The summed E-state index contributed by atoms with van der Waals surface area (Å²) >= 11 is 0. The highest BCUT2D eigenvalue weighted by Crippen LogP contribution is 2.22. The quantitative estimate of drug-likeness (QED) is 0.764. The summed E-state index contributed by atoms with van der Waals surface area (Å²) < 4.78 is 22.9. The van der Waals surface area contributed by atoms with E-state index in [4.69, 9.17) is 0 Å². The third-order valence-electron chi connectivity index (χ3n) is 3.33. The first-order valence-electron chi connectivity index (χ1n) is 6.51. The van der Waals surface area contributed by atoms with E-state index in [2.05, 4.69) is 5.32 Å². The maximum atomic E-state index is 11.6. The number of carboxylic acids is 1. The zero-order valence-corrected chi connectivity index (χ0v) is 13.6. The Labute approximate surface area is 125 Å². The molecule has 0 saturated carbocycles. The summed E-state index contributed by atoms with van der Waals surface area (Å²) in [6, 6.07) is 5.93. The predicted octanol–water partition coefficient (Wildman–Crippen LogP) is 0.541. The minimum absolute atomic E-state index is 0.173. The van der Waals surface area contributed by atoms with Crippen molar-refractivity contribution in [1.82, 2.24) is 10.2 Å². The highest BCUT2D eigenvalue weighted by Gasteiger charge is 2.34. The number of likely N-dealkylation sites (N-methyl/N-ethyl adjacent to an activating group) is 1. The number of carboxylic acid groups (broad SMARTS) is 1. The summed E-state index contributed by atoms with van der Waals surface area (Å²) in [6.45, 7) is 2.77. The van der Waals surface area contributed by atoms with Crippen molar-refractivity contribution in [3.05, 3.63) is 29.8 Å². The monoisotopic (exact) mass is 314 g/mol. The van der Waals surface area contributed by atoms with E-state index in [0.717, 1.165) is 6.26 Å². The second-order valence-corrected chi connectivity index (χ2v) is 7.47. The van der Waals surface area contributed by atoms with E-state index in [1.165, 1.54) is 24.3 Å². The van der Waals surface area contributed by atoms with Crippen LogP contribution in [-0.4, -0.2) is 57.8 Å². The van der Waals surface area contributed by atoms with Crippen LogP contribution in [0.1, 0.15) is 12.5 Å². The lowest BCUT2D eigenvalue weighted by Crippen LogP contribution is -2.48. The maximum Gasteiger partial charge on any atom is 0.328 e. The normalized spacial score (nSPS) is 14.9. The summed E-state index contributed by atoms with van der Waals surface area (Å²) in [4.78, 5) is 13.7. The molecule has 0 saturated heterocycles. The van der Waals surface area contributed by atoms with Crippen LogP contribution in [0.15, 0.2) is 29.2 Å². The van der Waals surface area contributed by atoms with Crippen molar-refractivity contribution in [2.75, 3.05) is 33.4 Å². The molecule has 0 spiro atoms. The fourth-order valence-corrected chi connectivity index (χ4v) is 2.50. The van der Waals surface area contributed by atoms with Crippen molar-refractivity contribution in [2.24, 2.45) is 0 Å². The Morgan fingerprint density at radius 1 is 1.29 bits per heavy atom. The van der Waals surface area contributed by atoms with Crippen molar-refractivity contribution < 1.29 is 18.3 Å². The zero-order valence-electron chi connectivity index (χ0n) is 12.8. The van der Waals surface area contributed by atoms with Gasteiger partial charge in [-0.1, -0.05) is 12.1 Å². The van der Waals surface area contributed by atoms with E-state index in [1.54, 1.807) is 6.92 Å². The van der Waals surface area contributed by atoms with Gasteiger partial charge in [0.15, 0.2) is 9.84 Å². The van der Waals surface area contributed by atoms with Gasteiger partial charge in [-0.3, -0.25) is 5.32 Å². The van der Waals surface area contributed by atoms with Gasteiger partial charge in [0.05, 0.1) is 4.90 Å². The molecule has 1 aromatic rings. The van der Waals surface area contributed by atoms with Crippen molar-refractivity contribution in [2.45, 2.75) is 17.4 Å². The average Bonchev–Trinajstić information content (AvgIpc) is 2.37. The SMILES string of the molecule is CN(C)CCNC(C)(C(=O)O)c1ccc(S(C)(=O)=O)cc1. The molecule has 118 valence electrons. The minimum atomic E-state index is -3.29. The van der Waals surface area contributed by atoms with Crippen LogP contribution in [0.25, 0.3) is 0 Å². The molecule has 0 aromatic heterocycles. The summed E-state index contributed by atoms with van der Waals surface area (Å²) in [5.41, 5.74) is -0.743. The Morgan fingerprint density at radius 3 is 2.19 bits per heavy atom. The fourth-order valence-electron chi connectivity index (χ4n) is 1.87. The number of nitrogens with one attached hydrogen (secondary N) is 1. The Kier molecular flexibility index (Phi) is 5.49. The molecule has 0 fully saturated rings. The van der Waals surface area contributed by atoms with Gasteiger partial charge >= 0.3 is 5.97 Å². The van der Waals surface area contributed by atoms with Crippen molar-refractivity contribution in [1.29, 1.82) is 0 Å². The molecular formula is C14H22N2O4S. The summed E-state index contributed by atoms with van der Waals surface area (Å²) in [6.07, 6.45) is 1.12. The van der Waals surface area contributed by atoms with Crippen molar-refractivity contribution in [3.8, 4) is 0 Å². The van der Waals surface area contributed by atoms with Gasteiger partial charge < -0.3 is 10.0 Å². The second kappa shape index (κ2) is 6.55. The van der Waals surface area contributed by atoms with E-state index >= 15 is 0 Å². The van der Waals surface area contributed by atoms with Gasteiger partial charge in [0.25, 0.3) is 0 Å². The van der Waals surface area contributed by atoms with Gasteiger partial charge in [-0.25, -0.2) is 13.2 Å². The lowest BCUT2D eigenvalue weighted by Gasteiger charge is -2.27. The number of aliphatic carboxylic acids is 1. The summed E-state index contributed by atoms with van der Waals surface area (Å²) in [5, 5.41) is 12.5. The molecule has 7 heteroatoms. The van der Waals surface area contributed by atoms with Crippen LogP contribution in [0.4, 0.5) is 0 Å². The van der Waals surface area contributed by atoms with Crippen LogP contribution in [-0.2, 0) is 20.2 Å². The van der Waals surface area contributed by atoms with Gasteiger partial charge in [-0.15, -0.1) is 0 Å². The molecule has 0 amide bonds. The third-order valence-corrected chi connectivity index (χ3v) is 4.45. The van der Waals surface area contributed by atoms with Crippen LogP contribution < -0.4 is 5.32 Å². The molecule has 1 unspecified atom stereocenters. The lowest BCUT2D eigenvalue weighted by molar-refractivity contribution is -0.144. The zero-order chi connectivity index (χ0) is 16.3. The molecule has 21 heavy (non-hydrogen) atoms. The van der Waals surface area contributed by atoms with Gasteiger partial charge in [-0.05, 0) is 38.7 Å². The first kappa shape index (κ1) is 17.6. The third kappa shape index (κ3) is 4.52. The summed E-state index contributed by atoms with van der Waals surface area (Å²) in [5.74, 6) is -1.01. The lowest BCUT2D eigenvalue weighted by atomic mass is 9.92. The molecule has 1 aromatic carbocycles. The van der Waals surface area contributed by atoms with Crippen LogP contribution in [0.2, 0.25) is 0 Å². The van der Waals surface area contributed by atoms with Gasteiger partial charge in [0, 0.05) is 19.3 Å². The Hall–Kier alpha value is -1.44. The molecular weight excluding hydrogens is 292 g/mol. The van der Waals surface area contributed by atoms with Gasteiger partial charge in [0.1, 0.15) is 5.54 Å². The number of sulfone groups is 1. The van der Waals surface area contributed by atoms with Crippen LogP contribution >= 0.6 is 0 Å². The number of rotatable bonds is 7. The first-order chi connectivity index (χ1) is 9.57. The highest BCUT2D eigenvalue weighted by atomic mass is 32.2. The molecule has 0 bridgehead atoms. The molecule has 0 aliphatic heterocycles. The van der Waals surface area contributed by atoms with Crippen LogP contribution in [0.3, 0.4) is 0 Å². The van der Waals surface area contributed by atoms with Gasteiger partial charge in [-0.2, -0.15) is 0 Å². The Morgan fingerprint density at radius 2 is 1.81 bits per heavy atom. The molecule has 0 aliphatic carbocycles. The highest BCUT2D eigenvalue weighted by molar-refractivity contribution is 7.90. The van der Waals surface area contributed by atoms with E-state index in [9.17, 15) is 18.3 Å². The van der Waals surface area contributed by atoms with E-state index in [-0.39, 0.29) is 4.90 Å². The molecule has 2 N–H and O–H groups in total. The van der Waals surface area contributed by atoms with Crippen LogP contribution in [0, 0.1) is 0 Å². The molecule has 0 heterocycles. The predicted molar refractivity (Wildman–Crippen MR) is 81.1 cm³/mol. The van der Waals surface area contributed by atoms with Crippen LogP contribution in [0.5, 0.6) is 0 Å². The standard InChI is InChI=1S/C14H22N2O4S/c1-14(13(17)18,15-9-10-16(2)3)11-5-7-12(8-6-11)21(4,19)20/h5-8,15H,9-10H2,1-4H3,(H,17,18). The second-order valence-electron chi connectivity index (χ2n) is 5.46. The first-order valence-corrected chi connectivity index (χ1v) is 8.40. The van der Waals surface area contributed by atoms with Crippen molar-refractivity contribution >= 4 is 15.8 Å². The Bertz CT molecular complexity index is 596. The number of benzene rings is 1. The van der Waals surface area contributed by atoms with E-state index < -0.39 is 21.3 Å². The van der Waals surface area contributed by atoms with E-state index in [1.807, 2.05) is 19.0 Å². The smallest absolute Gasteiger partial charge is 0.328 e. The molecule has 0 radical (unpaired) electrons. The fraction of sp³-hybridized carbons (Fsp3) is 0.500. The summed E-state index contributed by atoms with van der Waals surface area (Å²) in [7, 11) is 0.519. The molecule has 6 nitrogen and oxygen atoms in total. The van der Waals surface area contributed by atoms with Crippen molar-refractivity contribution in [3.63, 3.8) is 0 Å². The number of nitrogens with zero attached hydrogens (tertiary/aromatic N) is 1. The number of carbonyl (C=O) groups is 1. The molecule has 1 rings (SSSR count).